The normalized spacial score (nSPS) is 10.8. The SMILES string of the molecule is COc1ccc(C(=O)Oc2ccc3ccccc3c2/C=N/NC(=O)COc2cccc(Cl)c2)cc1. The van der Waals surface area contributed by atoms with Gasteiger partial charge in [-0.05, 0) is 59.3 Å². The number of amides is 1. The van der Waals surface area contributed by atoms with Gasteiger partial charge in [-0.2, -0.15) is 5.10 Å². The lowest BCUT2D eigenvalue weighted by Gasteiger charge is -2.11. The number of fused-ring (bicyclic) bond motifs is 1. The molecule has 4 aromatic carbocycles. The van der Waals surface area contributed by atoms with Gasteiger partial charge in [0.05, 0.1) is 18.9 Å². The van der Waals surface area contributed by atoms with Crippen LogP contribution < -0.4 is 19.6 Å². The highest BCUT2D eigenvalue weighted by atomic mass is 35.5. The molecular formula is C27H21ClN2O5. The number of esters is 1. The van der Waals surface area contributed by atoms with Gasteiger partial charge in [-0.1, -0.05) is 48.0 Å². The Morgan fingerprint density at radius 1 is 0.943 bits per heavy atom. The fraction of sp³-hybridized carbons (Fsp3) is 0.0741. The Bertz CT molecular complexity index is 1390. The maximum atomic E-state index is 12.7. The molecule has 4 aromatic rings. The van der Waals surface area contributed by atoms with E-state index in [1.807, 2.05) is 30.3 Å². The van der Waals surface area contributed by atoms with Crippen LogP contribution in [-0.2, 0) is 4.79 Å². The number of carbonyl (C=O) groups is 2. The first-order valence-corrected chi connectivity index (χ1v) is 11.0. The number of hydrazone groups is 1. The highest BCUT2D eigenvalue weighted by molar-refractivity contribution is 6.30. The van der Waals surface area contributed by atoms with Crippen LogP contribution in [0.3, 0.4) is 0 Å². The van der Waals surface area contributed by atoms with Gasteiger partial charge in [0.1, 0.15) is 17.2 Å². The lowest BCUT2D eigenvalue weighted by atomic mass is 10.0. The summed E-state index contributed by atoms with van der Waals surface area (Å²) in [6.45, 7) is -0.244. The lowest BCUT2D eigenvalue weighted by molar-refractivity contribution is -0.123. The van der Waals surface area contributed by atoms with Crippen molar-refractivity contribution in [3.05, 3.63) is 101 Å². The van der Waals surface area contributed by atoms with Crippen LogP contribution in [0.15, 0.2) is 90.0 Å². The van der Waals surface area contributed by atoms with E-state index in [-0.39, 0.29) is 6.61 Å². The minimum absolute atomic E-state index is 0.244. The van der Waals surface area contributed by atoms with Crippen LogP contribution in [0.4, 0.5) is 0 Å². The molecule has 8 heteroatoms. The molecule has 35 heavy (non-hydrogen) atoms. The number of hydrogen-bond acceptors (Lipinski definition) is 6. The van der Waals surface area contributed by atoms with Crippen LogP contribution in [-0.4, -0.2) is 31.8 Å². The van der Waals surface area contributed by atoms with Crippen LogP contribution in [0, 0.1) is 0 Å². The first-order chi connectivity index (χ1) is 17.0. The Kier molecular flexibility index (Phi) is 7.60. The van der Waals surface area contributed by atoms with E-state index in [4.69, 9.17) is 25.8 Å². The van der Waals surface area contributed by atoms with E-state index >= 15 is 0 Å². The van der Waals surface area contributed by atoms with Gasteiger partial charge in [0.2, 0.25) is 0 Å². The molecule has 4 rings (SSSR count). The molecule has 176 valence electrons. The average Bonchev–Trinajstić information content (AvgIpc) is 2.88. The molecule has 0 saturated heterocycles. The van der Waals surface area contributed by atoms with Crippen molar-refractivity contribution >= 4 is 40.5 Å². The van der Waals surface area contributed by atoms with Crippen LogP contribution in [0.5, 0.6) is 17.2 Å². The van der Waals surface area contributed by atoms with Gasteiger partial charge in [0, 0.05) is 10.6 Å². The zero-order valence-corrected chi connectivity index (χ0v) is 19.5. The lowest BCUT2D eigenvalue weighted by Crippen LogP contribution is -2.24. The van der Waals surface area contributed by atoms with Crippen molar-refractivity contribution in [3.63, 3.8) is 0 Å². The largest absolute Gasteiger partial charge is 0.497 e. The Morgan fingerprint density at radius 3 is 2.51 bits per heavy atom. The maximum absolute atomic E-state index is 12.7. The zero-order chi connectivity index (χ0) is 24.6. The number of methoxy groups -OCH3 is 1. The number of nitrogens with one attached hydrogen (secondary N) is 1. The first kappa shape index (κ1) is 23.8. The summed E-state index contributed by atoms with van der Waals surface area (Å²) in [7, 11) is 1.55. The summed E-state index contributed by atoms with van der Waals surface area (Å²) in [6, 6.07) is 24.5. The van der Waals surface area contributed by atoms with Gasteiger partial charge in [0.25, 0.3) is 5.91 Å². The van der Waals surface area contributed by atoms with Crippen molar-refractivity contribution in [2.45, 2.75) is 0 Å². The van der Waals surface area contributed by atoms with Gasteiger partial charge in [0.15, 0.2) is 6.61 Å². The van der Waals surface area contributed by atoms with E-state index in [0.717, 1.165) is 10.8 Å². The second-order valence-corrected chi connectivity index (χ2v) is 7.79. The van der Waals surface area contributed by atoms with Crippen LogP contribution in [0.1, 0.15) is 15.9 Å². The third-order valence-electron chi connectivity index (χ3n) is 5.01. The summed E-state index contributed by atoms with van der Waals surface area (Å²) in [4.78, 5) is 24.9. The zero-order valence-electron chi connectivity index (χ0n) is 18.7. The number of carbonyl (C=O) groups excluding carboxylic acids is 2. The summed E-state index contributed by atoms with van der Waals surface area (Å²) in [5.74, 6) is 0.418. The van der Waals surface area contributed by atoms with E-state index < -0.39 is 11.9 Å². The van der Waals surface area contributed by atoms with Crippen LogP contribution >= 0.6 is 11.6 Å². The Morgan fingerprint density at radius 2 is 1.74 bits per heavy atom. The molecule has 0 fully saturated rings. The molecule has 0 radical (unpaired) electrons. The summed E-state index contributed by atoms with van der Waals surface area (Å²) >= 11 is 5.92. The number of ether oxygens (including phenoxy) is 3. The standard InChI is InChI=1S/C27H21ClN2O5/c1-33-21-12-9-19(10-13-21)27(32)35-25-14-11-18-5-2-3-8-23(18)24(25)16-29-30-26(31)17-34-22-7-4-6-20(28)15-22/h2-16H,17H2,1H3,(H,30,31)/b29-16+. The molecule has 0 aliphatic rings. The average molecular weight is 489 g/mol. The van der Waals surface area contributed by atoms with E-state index in [9.17, 15) is 9.59 Å². The van der Waals surface area contributed by atoms with Crippen molar-refractivity contribution < 1.29 is 23.8 Å². The number of nitrogens with zero attached hydrogens (tertiary/aromatic N) is 1. The smallest absolute Gasteiger partial charge is 0.343 e. The van der Waals surface area contributed by atoms with E-state index in [2.05, 4.69) is 10.5 Å². The molecule has 7 nitrogen and oxygen atoms in total. The summed E-state index contributed by atoms with van der Waals surface area (Å²) in [5, 5.41) is 6.29. The molecule has 0 spiro atoms. The fourth-order valence-corrected chi connectivity index (χ4v) is 3.47. The van der Waals surface area contributed by atoms with Crippen molar-refractivity contribution in [3.8, 4) is 17.2 Å². The third-order valence-corrected chi connectivity index (χ3v) is 5.24. The minimum Gasteiger partial charge on any atom is -0.497 e. The van der Waals surface area contributed by atoms with Crippen molar-refractivity contribution in [2.75, 3.05) is 13.7 Å². The molecule has 0 bridgehead atoms. The number of benzene rings is 4. The Hall–Kier alpha value is -4.36. The number of halogens is 1. The maximum Gasteiger partial charge on any atom is 0.343 e. The fourth-order valence-electron chi connectivity index (χ4n) is 3.29. The topological polar surface area (TPSA) is 86.2 Å². The van der Waals surface area contributed by atoms with Crippen LogP contribution in [0.25, 0.3) is 10.8 Å². The van der Waals surface area contributed by atoms with E-state index in [1.165, 1.54) is 6.21 Å². The first-order valence-electron chi connectivity index (χ1n) is 10.6. The molecule has 0 aliphatic carbocycles. The van der Waals surface area contributed by atoms with Gasteiger partial charge in [-0.25, -0.2) is 10.2 Å². The molecule has 1 N–H and O–H groups in total. The second kappa shape index (κ2) is 11.2. The van der Waals surface area contributed by atoms with Gasteiger partial charge in [-0.15, -0.1) is 0 Å². The Labute approximate surface area is 206 Å². The van der Waals surface area contributed by atoms with Gasteiger partial charge >= 0.3 is 5.97 Å². The highest BCUT2D eigenvalue weighted by Crippen LogP contribution is 2.27. The summed E-state index contributed by atoms with van der Waals surface area (Å²) in [5.41, 5.74) is 3.34. The summed E-state index contributed by atoms with van der Waals surface area (Å²) < 4.78 is 16.2. The van der Waals surface area contributed by atoms with Gasteiger partial charge < -0.3 is 14.2 Å². The van der Waals surface area contributed by atoms with Crippen LogP contribution in [0.2, 0.25) is 5.02 Å². The number of rotatable bonds is 8. The molecule has 0 aliphatic heterocycles. The molecule has 0 unspecified atom stereocenters. The van der Waals surface area contributed by atoms with Crippen molar-refractivity contribution in [1.29, 1.82) is 0 Å². The summed E-state index contributed by atoms with van der Waals surface area (Å²) in [6.07, 6.45) is 1.44. The monoisotopic (exact) mass is 488 g/mol. The quantitative estimate of drug-likeness (QED) is 0.158. The predicted molar refractivity (Wildman–Crippen MR) is 135 cm³/mol. The molecule has 0 aromatic heterocycles. The third kappa shape index (κ3) is 6.16. The molecule has 0 saturated carbocycles. The Balaban J connectivity index is 1.50. The molecule has 0 heterocycles. The molecular weight excluding hydrogens is 468 g/mol. The second-order valence-electron chi connectivity index (χ2n) is 7.36. The van der Waals surface area contributed by atoms with E-state index in [0.29, 0.717) is 33.4 Å². The van der Waals surface area contributed by atoms with Gasteiger partial charge in [-0.3, -0.25) is 4.79 Å². The van der Waals surface area contributed by atoms with Crippen molar-refractivity contribution in [1.82, 2.24) is 5.43 Å². The van der Waals surface area contributed by atoms with Crippen molar-refractivity contribution in [2.24, 2.45) is 5.10 Å². The molecule has 0 atom stereocenters. The van der Waals surface area contributed by atoms with E-state index in [1.54, 1.807) is 61.7 Å². The highest BCUT2D eigenvalue weighted by Gasteiger charge is 2.14. The number of hydrogen-bond donors (Lipinski definition) is 1. The predicted octanol–water partition coefficient (Wildman–Crippen LogP) is 5.25. The minimum atomic E-state index is -0.531. The molecule has 1 amide bonds.